The van der Waals surface area contributed by atoms with E-state index in [1.807, 2.05) is 36.4 Å². The number of hydroxylamine groups is 1. The molecule has 0 saturated carbocycles. The normalized spacial score (nSPS) is 15.8. The van der Waals surface area contributed by atoms with Crippen LogP contribution in [0.15, 0.2) is 78.9 Å². The van der Waals surface area contributed by atoms with Crippen LogP contribution < -0.4 is 9.80 Å². The highest BCUT2D eigenvalue weighted by Crippen LogP contribution is 2.35. The standard InChI is InChI=1S/C23H19NO4/c1-27-18-13-11-17(12-14-18)24-23(26)20-10-6-5-9-19(20)22(28-24)15-21(25)16-7-3-2-4-8-16/h2-14,22H,15H2,1H3. The molecular formula is C23H19NO4. The van der Waals surface area contributed by atoms with Gasteiger partial charge < -0.3 is 4.74 Å². The number of hydrogen-bond donors (Lipinski definition) is 0. The van der Waals surface area contributed by atoms with E-state index >= 15 is 0 Å². The minimum absolute atomic E-state index is 0.0376. The topological polar surface area (TPSA) is 55.8 Å². The highest BCUT2D eigenvalue weighted by atomic mass is 16.7. The third-order valence-electron chi connectivity index (χ3n) is 4.73. The van der Waals surface area contributed by atoms with Gasteiger partial charge in [-0.1, -0.05) is 48.5 Å². The summed E-state index contributed by atoms with van der Waals surface area (Å²) in [6.07, 6.45) is -0.412. The highest BCUT2D eigenvalue weighted by Gasteiger charge is 2.34. The van der Waals surface area contributed by atoms with Crippen molar-refractivity contribution in [3.05, 3.63) is 95.6 Å². The van der Waals surface area contributed by atoms with Crippen molar-refractivity contribution in [3.8, 4) is 5.75 Å². The van der Waals surface area contributed by atoms with Crippen LogP contribution in [0.4, 0.5) is 5.69 Å². The minimum atomic E-state index is -0.552. The van der Waals surface area contributed by atoms with Crippen LogP contribution in [0, 0.1) is 0 Å². The SMILES string of the molecule is COc1ccc(N2OC(CC(=O)c3ccccc3)c3ccccc3C2=O)cc1. The fourth-order valence-electron chi connectivity index (χ4n) is 3.27. The second kappa shape index (κ2) is 7.66. The number of Topliss-reactive ketones (excluding diaryl/α,β-unsaturated/α-hetero) is 1. The predicted octanol–water partition coefficient (Wildman–Crippen LogP) is 4.60. The molecule has 0 bridgehead atoms. The van der Waals surface area contributed by atoms with Gasteiger partial charge >= 0.3 is 0 Å². The van der Waals surface area contributed by atoms with Crippen molar-refractivity contribution in [2.45, 2.75) is 12.5 Å². The quantitative estimate of drug-likeness (QED) is 0.613. The Labute approximate surface area is 163 Å². The Bertz CT molecular complexity index is 999. The second-order valence-corrected chi connectivity index (χ2v) is 6.47. The van der Waals surface area contributed by atoms with Gasteiger partial charge in [0, 0.05) is 17.5 Å². The maximum atomic E-state index is 13.0. The van der Waals surface area contributed by atoms with Crippen molar-refractivity contribution in [1.82, 2.24) is 0 Å². The first-order valence-corrected chi connectivity index (χ1v) is 9.00. The highest BCUT2D eigenvalue weighted by molar-refractivity contribution is 6.07. The molecule has 140 valence electrons. The molecule has 0 aliphatic carbocycles. The molecule has 28 heavy (non-hydrogen) atoms. The Kier molecular flexibility index (Phi) is 4.91. The molecule has 1 atom stereocenters. The summed E-state index contributed by atoms with van der Waals surface area (Å²) in [4.78, 5) is 31.7. The van der Waals surface area contributed by atoms with Gasteiger partial charge in [-0.3, -0.25) is 14.4 Å². The van der Waals surface area contributed by atoms with Crippen molar-refractivity contribution < 1.29 is 19.2 Å². The van der Waals surface area contributed by atoms with E-state index in [0.29, 0.717) is 22.6 Å². The van der Waals surface area contributed by atoms with E-state index in [-0.39, 0.29) is 18.1 Å². The van der Waals surface area contributed by atoms with Gasteiger partial charge in [-0.15, -0.1) is 0 Å². The molecule has 4 rings (SSSR count). The van der Waals surface area contributed by atoms with Gasteiger partial charge in [0.25, 0.3) is 5.91 Å². The summed E-state index contributed by atoms with van der Waals surface area (Å²) in [5, 5.41) is 1.25. The van der Waals surface area contributed by atoms with Crippen LogP contribution in [-0.2, 0) is 4.84 Å². The van der Waals surface area contributed by atoms with Gasteiger partial charge in [0.15, 0.2) is 5.78 Å². The number of carbonyl (C=O) groups is 2. The van der Waals surface area contributed by atoms with Gasteiger partial charge in [-0.2, -0.15) is 5.06 Å². The molecular weight excluding hydrogens is 354 g/mol. The summed E-state index contributed by atoms with van der Waals surface area (Å²) in [6.45, 7) is 0. The number of amides is 1. The van der Waals surface area contributed by atoms with Crippen LogP contribution in [0.3, 0.4) is 0 Å². The molecule has 1 unspecified atom stereocenters. The number of carbonyl (C=O) groups excluding carboxylic acids is 2. The third kappa shape index (κ3) is 3.40. The van der Waals surface area contributed by atoms with Crippen LogP contribution in [0.25, 0.3) is 0 Å². The lowest BCUT2D eigenvalue weighted by molar-refractivity contribution is 0.0147. The Morgan fingerprint density at radius 3 is 2.36 bits per heavy atom. The van der Waals surface area contributed by atoms with Crippen LogP contribution >= 0.6 is 0 Å². The Balaban J connectivity index is 1.66. The molecule has 1 amide bonds. The van der Waals surface area contributed by atoms with E-state index < -0.39 is 6.10 Å². The van der Waals surface area contributed by atoms with E-state index in [9.17, 15) is 9.59 Å². The van der Waals surface area contributed by atoms with Crippen molar-refractivity contribution in [2.75, 3.05) is 12.2 Å². The number of anilines is 1. The van der Waals surface area contributed by atoms with Gasteiger partial charge in [0.05, 0.1) is 12.8 Å². The van der Waals surface area contributed by atoms with Crippen LogP contribution in [0.5, 0.6) is 5.75 Å². The number of hydrogen-bond acceptors (Lipinski definition) is 4. The van der Waals surface area contributed by atoms with E-state index in [1.165, 1.54) is 5.06 Å². The number of ketones is 1. The van der Waals surface area contributed by atoms with Gasteiger partial charge in [-0.05, 0) is 35.9 Å². The van der Waals surface area contributed by atoms with Crippen molar-refractivity contribution in [3.63, 3.8) is 0 Å². The molecule has 3 aromatic carbocycles. The Morgan fingerprint density at radius 2 is 1.64 bits per heavy atom. The number of ether oxygens (including phenoxy) is 1. The molecule has 0 radical (unpaired) electrons. The molecule has 3 aromatic rings. The molecule has 5 nitrogen and oxygen atoms in total. The first-order valence-electron chi connectivity index (χ1n) is 9.00. The average molecular weight is 373 g/mol. The molecule has 0 aromatic heterocycles. The monoisotopic (exact) mass is 373 g/mol. The maximum Gasteiger partial charge on any atom is 0.282 e. The largest absolute Gasteiger partial charge is 0.497 e. The predicted molar refractivity (Wildman–Crippen MR) is 105 cm³/mol. The summed E-state index contributed by atoms with van der Waals surface area (Å²) in [7, 11) is 1.58. The number of fused-ring (bicyclic) bond motifs is 1. The fraction of sp³-hybridized carbons (Fsp3) is 0.130. The van der Waals surface area contributed by atoms with E-state index in [1.54, 1.807) is 49.6 Å². The van der Waals surface area contributed by atoms with E-state index in [2.05, 4.69) is 0 Å². The minimum Gasteiger partial charge on any atom is -0.497 e. The molecule has 5 heteroatoms. The van der Waals surface area contributed by atoms with Crippen molar-refractivity contribution >= 4 is 17.4 Å². The first-order chi connectivity index (χ1) is 13.7. The van der Waals surface area contributed by atoms with Gasteiger partial charge in [0.1, 0.15) is 11.9 Å². The van der Waals surface area contributed by atoms with Crippen LogP contribution in [-0.4, -0.2) is 18.8 Å². The average Bonchev–Trinajstić information content (AvgIpc) is 2.76. The lowest BCUT2D eigenvalue weighted by Crippen LogP contribution is -2.38. The zero-order valence-electron chi connectivity index (χ0n) is 15.4. The molecule has 0 saturated heterocycles. The number of benzene rings is 3. The fourth-order valence-corrected chi connectivity index (χ4v) is 3.27. The van der Waals surface area contributed by atoms with Crippen molar-refractivity contribution in [1.29, 1.82) is 0 Å². The first kappa shape index (κ1) is 17.9. The van der Waals surface area contributed by atoms with E-state index in [0.717, 1.165) is 5.56 Å². The summed E-state index contributed by atoms with van der Waals surface area (Å²) in [5.74, 6) is 0.387. The zero-order valence-corrected chi connectivity index (χ0v) is 15.4. The van der Waals surface area contributed by atoms with Crippen molar-refractivity contribution in [2.24, 2.45) is 0 Å². The Hall–Kier alpha value is -3.44. The molecule has 0 spiro atoms. The zero-order chi connectivity index (χ0) is 19.5. The molecule has 1 aliphatic heterocycles. The molecule has 1 heterocycles. The second-order valence-electron chi connectivity index (χ2n) is 6.47. The summed E-state index contributed by atoms with van der Waals surface area (Å²) >= 11 is 0. The molecule has 1 aliphatic rings. The van der Waals surface area contributed by atoms with Crippen LogP contribution in [0.2, 0.25) is 0 Å². The van der Waals surface area contributed by atoms with E-state index in [4.69, 9.17) is 9.57 Å². The smallest absolute Gasteiger partial charge is 0.282 e. The lowest BCUT2D eigenvalue weighted by atomic mass is 9.95. The summed E-state index contributed by atoms with van der Waals surface area (Å²) < 4.78 is 5.17. The Morgan fingerprint density at radius 1 is 0.964 bits per heavy atom. The van der Waals surface area contributed by atoms with Gasteiger partial charge in [0.2, 0.25) is 0 Å². The number of rotatable bonds is 5. The van der Waals surface area contributed by atoms with Crippen LogP contribution in [0.1, 0.15) is 38.8 Å². The molecule has 0 N–H and O–H groups in total. The maximum absolute atomic E-state index is 13.0. The summed E-state index contributed by atoms with van der Waals surface area (Å²) in [5.41, 5.74) is 2.46. The lowest BCUT2D eigenvalue weighted by Gasteiger charge is -2.33. The molecule has 0 fully saturated rings. The number of methoxy groups -OCH3 is 1. The number of nitrogens with zero attached hydrogens (tertiary/aromatic N) is 1. The third-order valence-corrected chi connectivity index (χ3v) is 4.73. The van der Waals surface area contributed by atoms with Gasteiger partial charge in [-0.25, -0.2) is 0 Å². The summed E-state index contributed by atoms with van der Waals surface area (Å²) in [6, 6.07) is 23.4.